The number of nitrogens with zero attached hydrogens (tertiary/aromatic N) is 8. The Labute approximate surface area is 159 Å². The van der Waals surface area contributed by atoms with Crippen LogP contribution in [0.4, 0.5) is 0 Å². The molecular weight excluding hydrogens is 368 g/mol. The van der Waals surface area contributed by atoms with Gasteiger partial charge in [0, 0.05) is 36.4 Å². The molecule has 0 saturated heterocycles. The molecule has 3 heterocycles. The van der Waals surface area contributed by atoms with Gasteiger partial charge in [-0.3, -0.25) is 9.55 Å². The largest absolute Gasteiger partial charge is 0.463 e. The Hall–Kier alpha value is -3.33. The molecule has 0 aliphatic heterocycles. The third-order valence-corrected chi connectivity index (χ3v) is 4.04. The quantitative estimate of drug-likeness (QED) is 0.504. The first-order chi connectivity index (χ1) is 13.2. The number of benzene rings is 1. The van der Waals surface area contributed by atoms with Gasteiger partial charge in [0.15, 0.2) is 11.6 Å². The average molecular weight is 383 g/mol. The average Bonchev–Trinajstić information content (AvgIpc) is 3.30. The van der Waals surface area contributed by atoms with Crippen molar-refractivity contribution in [1.82, 2.24) is 40.0 Å². The van der Waals surface area contributed by atoms with Crippen LogP contribution in [-0.2, 0) is 13.5 Å². The van der Waals surface area contributed by atoms with Crippen LogP contribution in [-0.4, -0.2) is 46.6 Å². The van der Waals surface area contributed by atoms with E-state index >= 15 is 0 Å². The van der Waals surface area contributed by atoms with Crippen molar-refractivity contribution in [3.8, 4) is 23.1 Å². The van der Waals surface area contributed by atoms with E-state index in [4.69, 9.17) is 16.3 Å². The first kappa shape index (κ1) is 17.1. The highest BCUT2D eigenvalue weighted by Gasteiger charge is 2.12. The number of halogens is 1. The van der Waals surface area contributed by atoms with Crippen LogP contribution in [0.2, 0.25) is 5.02 Å². The van der Waals surface area contributed by atoms with E-state index in [-0.39, 0.29) is 0 Å². The van der Waals surface area contributed by atoms with Gasteiger partial charge in [0.1, 0.15) is 0 Å². The third-order valence-electron chi connectivity index (χ3n) is 3.81. The molecule has 0 aliphatic rings. The smallest absolute Gasteiger partial charge is 0.316 e. The second-order valence-corrected chi connectivity index (χ2v) is 6.12. The zero-order valence-corrected chi connectivity index (χ0v) is 15.2. The van der Waals surface area contributed by atoms with Gasteiger partial charge in [0.2, 0.25) is 0 Å². The van der Waals surface area contributed by atoms with E-state index in [9.17, 15) is 0 Å². The number of ether oxygens (including phenoxy) is 1. The third kappa shape index (κ3) is 3.77. The van der Waals surface area contributed by atoms with Crippen molar-refractivity contribution in [2.24, 2.45) is 7.05 Å². The molecule has 0 fully saturated rings. The van der Waals surface area contributed by atoms with E-state index in [0.29, 0.717) is 35.7 Å². The van der Waals surface area contributed by atoms with E-state index < -0.39 is 0 Å². The fourth-order valence-corrected chi connectivity index (χ4v) is 2.66. The maximum absolute atomic E-state index is 5.99. The van der Waals surface area contributed by atoms with Crippen molar-refractivity contribution >= 4 is 11.6 Å². The van der Waals surface area contributed by atoms with Gasteiger partial charge in [-0.15, -0.1) is 20.1 Å². The molecule has 0 saturated carbocycles. The standard InChI is InChI=1S/C17H15ClN8O/c1-25-16(12-4-3-8-19-11-12)21-22-17(25)27-9-7-15-20-24-26(23-15)14-6-2-5-13(18)10-14/h2-6,8,10-11H,7,9H2,1H3. The van der Waals surface area contributed by atoms with E-state index in [1.807, 2.05) is 31.3 Å². The lowest BCUT2D eigenvalue weighted by atomic mass is 10.3. The lowest BCUT2D eigenvalue weighted by molar-refractivity contribution is 0.283. The summed E-state index contributed by atoms with van der Waals surface area (Å²) in [5.74, 6) is 1.24. The molecule has 10 heteroatoms. The molecule has 9 nitrogen and oxygen atoms in total. The Kier molecular flexibility index (Phi) is 4.75. The summed E-state index contributed by atoms with van der Waals surface area (Å²) in [6.07, 6.45) is 3.92. The van der Waals surface area contributed by atoms with Crippen molar-refractivity contribution < 1.29 is 4.74 Å². The molecule has 0 bridgehead atoms. The number of pyridine rings is 1. The van der Waals surface area contributed by atoms with Gasteiger partial charge in [-0.1, -0.05) is 22.8 Å². The zero-order valence-electron chi connectivity index (χ0n) is 14.4. The maximum atomic E-state index is 5.99. The predicted octanol–water partition coefficient (Wildman–Crippen LogP) is 2.13. The molecule has 0 unspecified atom stereocenters. The highest BCUT2D eigenvalue weighted by molar-refractivity contribution is 6.30. The Morgan fingerprint density at radius 1 is 1.11 bits per heavy atom. The van der Waals surface area contributed by atoms with Crippen molar-refractivity contribution in [2.45, 2.75) is 6.42 Å². The highest BCUT2D eigenvalue weighted by Crippen LogP contribution is 2.19. The van der Waals surface area contributed by atoms with Gasteiger partial charge < -0.3 is 4.74 Å². The number of aromatic nitrogens is 8. The van der Waals surface area contributed by atoms with Crippen molar-refractivity contribution in [1.29, 1.82) is 0 Å². The lowest BCUT2D eigenvalue weighted by Gasteiger charge is -2.04. The molecular formula is C17H15ClN8O. The second kappa shape index (κ2) is 7.50. The summed E-state index contributed by atoms with van der Waals surface area (Å²) < 4.78 is 7.48. The number of rotatable bonds is 6. The number of hydrogen-bond acceptors (Lipinski definition) is 7. The Bertz CT molecular complexity index is 1050. The first-order valence-corrected chi connectivity index (χ1v) is 8.56. The van der Waals surface area contributed by atoms with E-state index in [2.05, 4.69) is 30.6 Å². The van der Waals surface area contributed by atoms with Crippen molar-refractivity contribution in [3.05, 3.63) is 59.6 Å². The van der Waals surface area contributed by atoms with Gasteiger partial charge in [0.05, 0.1) is 12.3 Å². The van der Waals surface area contributed by atoms with Crippen LogP contribution in [0.5, 0.6) is 6.01 Å². The minimum atomic E-state index is 0.347. The van der Waals surface area contributed by atoms with Crippen LogP contribution in [0, 0.1) is 0 Å². The summed E-state index contributed by atoms with van der Waals surface area (Å²) in [5, 5.41) is 21.2. The van der Waals surface area contributed by atoms with Gasteiger partial charge in [-0.25, -0.2) is 0 Å². The van der Waals surface area contributed by atoms with Gasteiger partial charge >= 0.3 is 6.01 Å². The van der Waals surface area contributed by atoms with Crippen LogP contribution in [0.25, 0.3) is 17.1 Å². The summed E-state index contributed by atoms with van der Waals surface area (Å²) in [6, 6.07) is 11.4. The van der Waals surface area contributed by atoms with Crippen LogP contribution in [0.15, 0.2) is 48.8 Å². The van der Waals surface area contributed by atoms with Gasteiger partial charge in [-0.2, -0.15) is 0 Å². The Balaban J connectivity index is 1.39. The van der Waals surface area contributed by atoms with Crippen molar-refractivity contribution in [3.63, 3.8) is 0 Å². The molecule has 136 valence electrons. The lowest BCUT2D eigenvalue weighted by Crippen LogP contribution is -2.07. The molecule has 0 radical (unpaired) electrons. The fourth-order valence-electron chi connectivity index (χ4n) is 2.47. The summed E-state index contributed by atoms with van der Waals surface area (Å²) in [5.41, 5.74) is 1.62. The molecule has 1 aromatic carbocycles. The highest BCUT2D eigenvalue weighted by atomic mass is 35.5. The van der Waals surface area contributed by atoms with Crippen LogP contribution in [0.3, 0.4) is 0 Å². The molecule has 0 aliphatic carbocycles. The second-order valence-electron chi connectivity index (χ2n) is 5.68. The zero-order chi connectivity index (χ0) is 18.6. The minimum absolute atomic E-state index is 0.347. The topological polar surface area (TPSA) is 96.4 Å². The fraction of sp³-hybridized carbons (Fsp3) is 0.176. The van der Waals surface area contributed by atoms with Crippen LogP contribution in [0.1, 0.15) is 5.82 Å². The molecule has 4 aromatic rings. The summed E-state index contributed by atoms with van der Waals surface area (Å²) >= 11 is 5.99. The van der Waals surface area contributed by atoms with Crippen LogP contribution >= 0.6 is 11.6 Å². The molecule has 4 rings (SSSR count). The minimum Gasteiger partial charge on any atom is -0.463 e. The van der Waals surface area contributed by atoms with Gasteiger partial charge in [-0.05, 0) is 35.5 Å². The van der Waals surface area contributed by atoms with Crippen LogP contribution < -0.4 is 4.74 Å². The Morgan fingerprint density at radius 2 is 2.04 bits per heavy atom. The molecule has 0 spiro atoms. The van der Waals surface area contributed by atoms with E-state index in [1.54, 1.807) is 29.1 Å². The SMILES string of the molecule is Cn1c(OCCc2nnn(-c3cccc(Cl)c3)n2)nnc1-c1cccnc1. The first-order valence-electron chi connectivity index (χ1n) is 8.18. The van der Waals surface area contributed by atoms with E-state index in [1.165, 1.54) is 4.80 Å². The molecule has 0 atom stereocenters. The number of tetrazole rings is 1. The molecule has 0 N–H and O–H groups in total. The molecule has 0 amide bonds. The summed E-state index contributed by atoms with van der Waals surface area (Å²) in [4.78, 5) is 5.52. The summed E-state index contributed by atoms with van der Waals surface area (Å²) in [6.45, 7) is 0.347. The number of hydrogen-bond donors (Lipinski definition) is 0. The normalized spacial score (nSPS) is 10.9. The van der Waals surface area contributed by atoms with E-state index in [0.717, 1.165) is 11.3 Å². The molecule has 3 aromatic heterocycles. The monoisotopic (exact) mass is 382 g/mol. The molecule has 27 heavy (non-hydrogen) atoms. The van der Waals surface area contributed by atoms with Crippen molar-refractivity contribution in [2.75, 3.05) is 6.61 Å². The maximum Gasteiger partial charge on any atom is 0.316 e. The summed E-state index contributed by atoms with van der Waals surface area (Å²) in [7, 11) is 1.84. The van der Waals surface area contributed by atoms with Gasteiger partial charge in [0.25, 0.3) is 0 Å². The Morgan fingerprint density at radius 3 is 2.85 bits per heavy atom. The predicted molar refractivity (Wildman–Crippen MR) is 97.6 cm³/mol.